The van der Waals surface area contributed by atoms with Gasteiger partial charge in [-0.25, -0.2) is 9.18 Å². The van der Waals surface area contributed by atoms with Gasteiger partial charge in [-0.3, -0.25) is 18.7 Å². The molecule has 0 atom stereocenters. The Morgan fingerprint density at radius 3 is 2.50 bits per heavy atom. The average Bonchev–Trinajstić information content (AvgIpc) is 3.26. The number of hydrogen-bond donors (Lipinski definition) is 1. The van der Waals surface area contributed by atoms with E-state index < -0.39 is 17.1 Å². The van der Waals surface area contributed by atoms with Crippen LogP contribution in [0.15, 0.2) is 69.6 Å². The molecule has 0 unspecified atom stereocenters. The Bertz CT molecular complexity index is 1420. The van der Waals surface area contributed by atoms with Gasteiger partial charge in [0, 0.05) is 11.3 Å². The molecule has 4 aromatic rings. The third-order valence-corrected chi connectivity index (χ3v) is 6.17. The van der Waals surface area contributed by atoms with Crippen molar-refractivity contribution in [1.29, 1.82) is 0 Å². The molecule has 0 spiro atoms. The monoisotopic (exact) mass is 451 g/mol. The molecule has 6 nitrogen and oxygen atoms in total. The summed E-state index contributed by atoms with van der Waals surface area (Å²) in [5, 5.41) is 4.57. The minimum Gasteiger partial charge on any atom is -0.324 e. The maximum Gasteiger partial charge on any atom is 0.332 e. The number of nitrogens with zero attached hydrogens (tertiary/aromatic N) is 2. The molecule has 0 fully saturated rings. The van der Waals surface area contributed by atoms with Crippen LogP contribution in [0, 0.1) is 5.82 Å². The first-order valence-corrected chi connectivity index (χ1v) is 11.1. The Morgan fingerprint density at radius 2 is 1.75 bits per heavy atom. The van der Waals surface area contributed by atoms with E-state index in [1.54, 1.807) is 23.6 Å². The van der Waals surface area contributed by atoms with Crippen molar-refractivity contribution in [2.45, 2.75) is 32.9 Å². The highest BCUT2D eigenvalue weighted by atomic mass is 32.1. The van der Waals surface area contributed by atoms with E-state index in [4.69, 9.17) is 0 Å². The van der Waals surface area contributed by atoms with Crippen LogP contribution in [0.2, 0.25) is 0 Å². The van der Waals surface area contributed by atoms with Crippen molar-refractivity contribution in [2.24, 2.45) is 0 Å². The van der Waals surface area contributed by atoms with Crippen LogP contribution >= 0.6 is 11.3 Å². The van der Waals surface area contributed by atoms with Crippen molar-refractivity contribution in [3.8, 4) is 0 Å². The largest absolute Gasteiger partial charge is 0.332 e. The summed E-state index contributed by atoms with van der Waals surface area (Å²) < 4.78 is 16.8. The molecule has 0 aliphatic rings. The molecule has 4 rings (SSSR count). The van der Waals surface area contributed by atoms with Gasteiger partial charge in [-0.15, -0.1) is 11.3 Å². The molecule has 0 aliphatic heterocycles. The lowest BCUT2D eigenvalue weighted by Gasteiger charge is -2.15. The molecule has 1 amide bonds. The number of para-hydroxylation sites is 1. The molecule has 0 bridgehead atoms. The van der Waals surface area contributed by atoms with Gasteiger partial charge in [0.25, 0.3) is 5.56 Å². The predicted molar refractivity (Wildman–Crippen MR) is 125 cm³/mol. The fourth-order valence-electron chi connectivity index (χ4n) is 3.67. The van der Waals surface area contributed by atoms with Crippen molar-refractivity contribution in [3.63, 3.8) is 0 Å². The van der Waals surface area contributed by atoms with E-state index in [2.05, 4.69) is 5.32 Å². The number of anilines is 1. The van der Waals surface area contributed by atoms with Gasteiger partial charge < -0.3 is 5.32 Å². The Labute approximate surface area is 187 Å². The maximum absolute atomic E-state index is 14.2. The van der Waals surface area contributed by atoms with Crippen molar-refractivity contribution in [3.05, 3.63) is 97.8 Å². The summed E-state index contributed by atoms with van der Waals surface area (Å²) in [6, 6.07) is 15.1. The Morgan fingerprint density at radius 1 is 1.03 bits per heavy atom. The van der Waals surface area contributed by atoms with Gasteiger partial charge >= 0.3 is 5.69 Å². The van der Waals surface area contributed by atoms with Crippen LogP contribution in [0.4, 0.5) is 10.1 Å². The third-order valence-electron chi connectivity index (χ3n) is 5.28. The summed E-state index contributed by atoms with van der Waals surface area (Å²) in [6.45, 7) is 3.58. The van der Waals surface area contributed by atoms with Crippen molar-refractivity contribution < 1.29 is 9.18 Å². The topological polar surface area (TPSA) is 73.1 Å². The zero-order valence-corrected chi connectivity index (χ0v) is 18.5. The van der Waals surface area contributed by atoms with Gasteiger partial charge in [-0.1, -0.05) is 50.2 Å². The van der Waals surface area contributed by atoms with Gasteiger partial charge in [0.1, 0.15) is 17.1 Å². The SMILES string of the molecule is CC(C)c1ccccc1NC(=O)Cn1c(=O)n(Cc2ccccc2F)c(=O)c2sccc21. The van der Waals surface area contributed by atoms with Gasteiger partial charge in [-0.2, -0.15) is 0 Å². The number of nitrogens with one attached hydrogen (secondary N) is 1. The average molecular weight is 452 g/mol. The van der Waals surface area contributed by atoms with E-state index in [1.807, 2.05) is 38.1 Å². The number of thiophene rings is 1. The quantitative estimate of drug-likeness (QED) is 0.478. The summed E-state index contributed by atoms with van der Waals surface area (Å²) in [4.78, 5) is 39.0. The van der Waals surface area contributed by atoms with Crippen molar-refractivity contribution >= 4 is 33.1 Å². The first-order chi connectivity index (χ1) is 15.4. The first kappa shape index (κ1) is 21.7. The van der Waals surface area contributed by atoms with Gasteiger partial charge in [0.15, 0.2) is 0 Å². The predicted octanol–water partition coefficient (Wildman–Crippen LogP) is 4.17. The van der Waals surface area contributed by atoms with Crippen LogP contribution in [0.5, 0.6) is 0 Å². The molecule has 0 saturated carbocycles. The second-order valence-corrected chi connectivity index (χ2v) is 8.69. The lowest BCUT2D eigenvalue weighted by Crippen LogP contribution is -2.41. The number of carbonyl (C=O) groups excluding carboxylic acids is 1. The van der Waals surface area contributed by atoms with E-state index in [0.29, 0.717) is 15.9 Å². The van der Waals surface area contributed by atoms with E-state index in [-0.39, 0.29) is 30.5 Å². The molecule has 8 heteroatoms. The molecule has 1 N–H and O–H groups in total. The normalized spacial score (nSPS) is 11.2. The Kier molecular flexibility index (Phi) is 6.05. The zero-order valence-electron chi connectivity index (χ0n) is 17.7. The number of fused-ring (bicyclic) bond motifs is 1. The first-order valence-electron chi connectivity index (χ1n) is 10.2. The molecule has 2 aromatic heterocycles. The number of halogens is 1. The van der Waals surface area contributed by atoms with Crippen molar-refractivity contribution in [1.82, 2.24) is 9.13 Å². The second kappa shape index (κ2) is 8.92. The van der Waals surface area contributed by atoms with E-state index in [9.17, 15) is 18.8 Å². The van der Waals surface area contributed by atoms with Crippen LogP contribution in [0.3, 0.4) is 0 Å². The lowest BCUT2D eigenvalue weighted by molar-refractivity contribution is -0.116. The summed E-state index contributed by atoms with van der Waals surface area (Å²) in [6.07, 6.45) is 0. The van der Waals surface area contributed by atoms with Crippen LogP contribution in [0.1, 0.15) is 30.9 Å². The molecular formula is C24H22FN3O3S. The van der Waals surface area contributed by atoms with E-state index in [1.165, 1.54) is 28.0 Å². The van der Waals surface area contributed by atoms with Crippen LogP contribution in [-0.2, 0) is 17.9 Å². The van der Waals surface area contributed by atoms with Crippen molar-refractivity contribution in [2.75, 3.05) is 5.32 Å². The molecular weight excluding hydrogens is 429 g/mol. The molecule has 0 radical (unpaired) electrons. The van der Waals surface area contributed by atoms with Crippen LogP contribution in [-0.4, -0.2) is 15.0 Å². The summed E-state index contributed by atoms with van der Waals surface area (Å²) in [7, 11) is 0. The number of hydrogen-bond acceptors (Lipinski definition) is 4. The highest BCUT2D eigenvalue weighted by Crippen LogP contribution is 2.24. The number of rotatable bonds is 6. The molecule has 2 aromatic carbocycles. The highest BCUT2D eigenvalue weighted by Gasteiger charge is 2.18. The minimum atomic E-state index is -0.656. The second-order valence-electron chi connectivity index (χ2n) is 7.78. The Hall–Kier alpha value is -3.52. The Balaban J connectivity index is 1.72. The number of aromatic nitrogens is 2. The summed E-state index contributed by atoms with van der Waals surface area (Å²) in [5.41, 5.74) is 1.13. The van der Waals surface area contributed by atoms with E-state index in [0.717, 1.165) is 10.1 Å². The number of carbonyl (C=O) groups is 1. The minimum absolute atomic E-state index is 0.209. The molecule has 2 heterocycles. The molecule has 0 saturated heterocycles. The fourth-order valence-corrected chi connectivity index (χ4v) is 4.51. The van der Waals surface area contributed by atoms with E-state index >= 15 is 0 Å². The van der Waals surface area contributed by atoms with Gasteiger partial charge in [0.2, 0.25) is 5.91 Å². The van der Waals surface area contributed by atoms with Gasteiger partial charge in [0.05, 0.1) is 12.1 Å². The van der Waals surface area contributed by atoms with Gasteiger partial charge in [-0.05, 0) is 35.1 Å². The smallest absolute Gasteiger partial charge is 0.324 e. The lowest BCUT2D eigenvalue weighted by atomic mass is 10.0. The third kappa shape index (κ3) is 4.13. The maximum atomic E-state index is 14.2. The summed E-state index contributed by atoms with van der Waals surface area (Å²) in [5.74, 6) is -0.677. The molecule has 32 heavy (non-hydrogen) atoms. The standard InChI is InChI=1S/C24H22FN3O3S/c1-15(2)17-8-4-6-10-19(17)26-21(29)14-27-20-11-12-32-22(20)23(30)28(24(27)31)13-16-7-3-5-9-18(16)25/h3-12,15H,13-14H2,1-2H3,(H,26,29). The van der Waals surface area contributed by atoms with Crippen LogP contribution in [0.25, 0.3) is 10.2 Å². The zero-order chi connectivity index (χ0) is 22.8. The van der Waals surface area contributed by atoms with Crippen LogP contribution < -0.4 is 16.6 Å². The number of amides is 1. The molecule has 0 aliphatic carbocycles. The number of benzene rings is 2. The fraction of sp³-hybridized carbons (Fsp3) is 0.208. The molecule has 164 valence electrons. The summed E-state index contributed by atoms with van der Waals surface area (Å²) >= 11 is 1.18. The highest BCUT2D eigenvalue weighted by molar-refractivity contribution is 7.17.